The monoisotopic (exact) mass is 444 g/mol. The molecule has 11 heteroatoms. The van der Waals surface area contributed by atoms with E-state index in [1.807, 2.05) is 0 Å². The number of aromatic hydroxyl groups is 1. The Morgan fingerprint density at radius 1 is 0.710 bits per heavy atom. The van der Waals surface area contributed by atoms with Crippen LogP contribution in [-0.4, -0.2) is 14.2 Å². The van der Waals surface area contributed by atoms with Crippen LogP contribution in [0.15, 0.2) is 52.1 Å². The van der Waals surface area contributed by atoms with Crippen molar-refractivity contribution in [2.24, 2.45) is 0 Å². The molecule has 1 aromatic heterocycles. The molecule has 0 saturated heterocycles. The van der Waals surface area contributed by atoms with Crippen molar-refractivity contribution in [3.05, 3.63) is 97.7 Å². The highest BCUT2D eigenvalue weighted by Crippen LogP contribution is 2.23. The van der Waals surface area contributed by atoms with E-state index in [0.717, 1.165) is 12.1 Å². The normalized spacial score (nSPS) is 13.2. The van der Waals surface area contributed by atoms with E-state index in [1.54, 1.807) is 0 Å². The Balaban J connectivity index is 1.92. The molecule has 1 N–H and O–H groups in total. The SMILES string of the molecule is O=c1cc(O)n(CC(F)c2ccc(F)c(F)c2)c(=O)n1CC(F)c1ccc(F)c(F)c1. The topological polar surface area (TPSA) is 64.2 Å². The molecular weight excluding hydrogens is 430 g/mol. The summed E-state index contributed by atoms with van der Waals surface area (Å²) in [5.41, 5.74) is -3.10. The van der Waals surface area contributed by atoms with Gasteiger partial charge in [-0.1, -0.05) is 12.1 Å². The van der Waals surface area contributed by atoms with Gasteiger partial charge in [-0.3, -0.25) is 13.9 Å². The summed E-state index contributed by atoms with van der Waals surface area (Å²) >= 11 is 0. The lowest BCUT2D eigenvalue weighted by Gasteiger charge is -2.16. The number of benzene rings is 2. The zero-order valence-electron chi connectivity index (χ0n) is 15.5. The number of alkyl halides is 2. The first-order valence-corrected chi connectivity index (χ1v) is 8.80. The molecule has 2 unspecified atom stereocenters. The van der Waals surface area contributed by atoms with E-state index in [0.29, 0.717) is 39.5 Å². The molecule has 3 rings (SSSR count). The summed E-state index contributed by atoms with van der Waals surface area (Å²) in [6.07, 6.45) is -4.19. The van der Waals surface area contributed by atoms with Crippen LogP contribution < -0.4 is 11.2 Å². The fraction of sp³-hybridized carbons (Fsp3) is 0.200. The van der Waals surface area contributed by atoms with Gasteiger partial charge in [0, 0.05) is 0 Å². The molecule has 5 nitrogen and oxygen atoms in total. The van der Waals surface area contributed by atoms with Crippen LogP contribution in [0, 0.1) is 23.3 Å². The van der Waals surface area contributed by atoms with Gasteiger partial charge in [0.05, 0.1) is 19.2 Å². The second kappa shape index (κ2) is 8.70. The van der Waals surface area contributed by atoms with Crippen LogP contribution in [0.3, 0.4) is 0 Å². The molecular formula is C20H14F6N2O3. The van der Waals surface area contributed by atoms with Crippen molar-refractivity contribution in [3.63, 3.8) is 0 Å². The first-order valence-electron chi connectivity index (χ1n) is 8.80. The Kier molecular flexibility index (Phi) is 6.23. The third-order valence-electron chi connectivity index (χ3n) is 4.55. The minimum absolute atomic E-state index is 0.337. The van der Waals surface area contributed by atoms with Gasteiger partial charge in [-0.25, -0.2) is 31.1 Å². The highest BCUT2D eigenvalue weighted by atomic mass is 19.2. The molecule has 2 aromatic carbocycles. The highest BCUT2D eigenvalue weighted by molar-refractivity contribution is 5.22. The number of nitrogens with zero attached hydrogens (tertiary/aromatic N) is 2. The average molecular weight is 444 g/mol. The first kappa shape index (κ1) is 22.2. The lowest BCUT2D eigenvalue weighted by Crippen LogP contribution is -2.40. The molecule has 2 atom stereocenters. The standard InChI is InChI=1S/C20H14F6N2O3/c21-12-3-1-10(5-14(12)23)16(25)8-27-18(29)7-19(30)28(20(27)31)9-17(26)11-2-4-13(22)15(24)6-11/h1-7,16-17,29H,8-9H2. The second-order valence-corrected chi connectivity index (χ2v) is 6.63. The van der Waals surface area contributed by atoms with Crippen LogP contribution in [0.4, 0.5) is 26.3 Å². The molecule has 0 spiro atoms. The third kappa shape index (κ3) is 4.65. The van der Waals surface area contributed by atoms with E-state index in [9.17, 15) is 41.0 Å². The number of hydrogen-bond donors (Lipinski definition) is 1. The molecule has 3 aromatic rings. The van der Waals surface area contributed by atoms with Crippen molar-refractivity contribution in [2.75, 3.05) is 0 Å². The summed E-state index contributed by atoms with van der Waals surface area (Å²) in [6, 6.07) is 4.87. The van der Waals surface area contributed by atoms with Gasteiger partial charge in [0.1, 0.15) is 12.3 Å². The van der Waals surface area contributed by atoms with E-state index < -0.39 is 65.8 Å². The second-order valence-electron chi connectivity index (χ2n) is 6.63. The molecule has 0 bridgehead atoms. The van der Waals surface area contributed by atoms with E-state index in [1.165, 1.54) is 0 Å². The van der Waals surface area contributed by atoms with Crippen LogP contribution in [0.25, 0.3) is 0 Å². The van der Waals surface area contributed by atoms with Crippen LogP contribution >= 0.6 is 0 Å². The molecule has 0 amide bonds. The third-order valence-corrected chi connectivity index (χ3v) is 4.55. The lowest BCUT2D eigenvalue weighted by molar-refractivity contribution is 0.260. The van der Waals surface area contributed by atoms with Crippen molar-refractivity contribution in [3.8, 4) is 5.88 Å². The summed E-state index contributed by atoms with van der Waals surface area (Å²) < 4.78 is 82.5. The van der Waals surface area contributed by atoms with Crippen LogP contribution in [0.1, 0.15) is 23.5 Å². The first-order chi connectivity index (χ1) is 14.6. The van der Waals surface area contributed by atoms with Gasteiger partial charge in [0.15, 0.2) is 23.3 Å². The van der Waals surface area contributed by atoms with Crippen LogP contribution in [0.2, 0.25) is 0 Å². The van der Waals surface area contributed by atoms with Crippen molar-refractivity contribution in [1.82, 2.24) is 9.13 Å². The molecule has 0 radical (unpaired) electrons. The zero-order valence-corrected chi connectivity index (χ0v) is 15.5. The van der Waals surface area contributed by atoms with Gasteiger partial charge in [0.2, 0.25) is 5.88 Å². The summed E-state index contributed by atoms with van der Waals surface area (Å²) in [5, 5.41) is 9.87. The maximum atomic E-state index is 14.5. The minimum atomic E-state index is -2.11. The largest absolute Gasteiger partial charge is 0.494 e. The van der Waals surface area contributed by atoms with E-state index in [4.69, 9.17) is 0 Å². The molecule has 1 heterocycles. The minimum Gasteiger partial charge on any atom is -0.494 e. The zero-order chi connectivity index (χ0) is 22.9. The number of rotatable bonds is 6. The number of aromatic nitrogens is 2. The van der Waals surface area contributed by atoms with E-state index >= 15 is 0 Å². The molecule has 0 aliphatic rings. The predicted octanol–water partition coefficient (Wildman–Crippen LogP) is 3.69. The number of hydrogen-bond acceptors (Lipinski definition) is 3. The van der Waals surface area contributed by atoms with Crippen LogP contribution in [0.5, 0.6) is 5.88 Å². The smallest absolute Gasteiger partial charge is 0.333 e. The fourth-order valence-corrected chi connectivity index (χ4v) is 2.89. The summed E-state index contributed by atoms with van der Waals surface area (Å²) in [7, 11) is 0. The molecule has 164 valence electrons. The average Bonchev–Trinajstić information content (AvgIpc) is 2.72. The van der Waals surface area contributed by atoms with Gasteiger partial charge in [-0.15, -0.1) is 0 Å². The van der Waals surface area contributed by atoms with Gasteiger partial charge >= 0.3 is 5.69 Å². The maximum Gasteiger partial charge on any atom is 0.333 e. The van der Waals surface area contributed by atoms with Crippen molar-refractivity contribution in [1.29, 1.82) is 0 Å². The van der Waals surface area contributed by atoms with Crippen LogP contribution in [-0.2, 0) is 13.1 Å². The lowest BCUT2D eigenvalue weighted by atomic mass is 10.1. The molecule has 0 aliphatic heterocycles. The quantitative estimate of drug-likeness (QED) is 0.590. The summed E-state index contributed by atoms with van der Waals surface area (Å²) in [6.45, 7) is -1.82. The maximum absolute atomic E-state index is 14.5. The Bertz CT molecular complexity index is 1240. The van der Waals surface area contributed by atoms with E-state index in [-0.39, 0.29) is 11.1 Å². The van der Waals surface area contributed by atoms with Gasteiger partial charge in [-0.05, 0) is 35.4 Å². The Labute approximate surface area is 170 Å². The van der Waals surface area contributed by atoms with Crippen molar-refractivity contribution < 1.29 is 31.4 Å². The summed E-state index contributed by atoms with van der Waals surface area (Å²) in [4.78, 5) is 24.6. The Morgan fingerprint density at radius 3 is 1.61 bits per heavy atom. The molecule has 0 saturated carbocycles. The van der Waals surface area contributed by atoms with Crippen molar-refractivity contribution in [2.45, 2.75) is 25.4 Å². The molecule has 0 aliphatic carbocycles. The van der Waals surface area contributed by atoms with Gasteiger partial charge < -0.3 is 5.11 Å². The Hall–Kier alpha value is -3.50. The molecule has 31 heavy (non-hydrogen) atoms. The number of halogens is 6. The predicted molar refractivity (Wildman–Crippen MR) is 97.0 cm³/mol. The van der Waals surface area contributed by atoms with Gasteiger partial charge in [0.25, 0.3) is 5.56 Å². The van der Waals surface area contributed by atoms with Gasteiger partial charge in [-0.2, -0.15) is 0 Å². The fourth-order valence-electron chi connectivity index (χ4n) is 2.89. The Morgan fingerprint density at radius 2 is 1.16 bits per heavy atom. The van der Waals surface area contributed by atoms with E-state index in [2.05, 4.69) is 0 Å². The summed E-state index contributed by atoms with van der Waals surface area (Å²) in [5.74, 6) is -6.02. The highest BCUT2D eigenvalue weighted by Gasteiger charge is 2.21. The molecule has 0 fully saturated rings. The van der Waals surface area contributed by atoms with Crippen molar-refractivity contribution >= 4 is 0 Å².